The van der Waals surface area contributed by atoms with Gasteiger partial charge >= 0.3 is 0 Å². The molecule has 0 aliphatic rings. The molecule has 0 unspecified atom stereocenters. The Balaban J connectivity index is 2.93. The molecular weight excluding hydrogens is 378 g/mol. The molecule has 14 heavy (non-hydrogen) atoms. The first-order chi connectivity index (χ1) is 6.65. The first-order valence-corrected chi connectivity index (χ1v) is 6.39. The van der Waals surface area contributed by atoms with E-state index in [9.17, 15) is 0 Å². The summed E-state index contributed by atoms with van der Waals surface area (Å²) in [6, 6.07) is 2.11. The van der Waals surface area contributed by atoms with E-state index in [2.05, 4.69) is 61.1 Å². The maximum Gasteiger partial charge on any atom is 0.153 e. The highest BCUT2D eigenvalue weighted by molar-refractivity contribution is 14.1. The molecule has 0 atom stereocenters. The van der Waals surface area contributed by atoms with Gasteiger partial charge in [-0.05, 0) is 51.5 Å². The lowest BCUT2D eigenvalue weighted by Crippen LogP contribution is -1.96. The zero-order valence-corrected chi connectivity index (χ0v) is 11.9. The van der Waals surface area contributed by atoms with Gasteiger partial charge in [-0.1, -0.05) is 11.6 Å². The second-order valence-electron chi connectivity index (χ2n) is 2.87. The van der Waals surface area contributed by atoms with E-state index in [-0.39, 0.29) is 0 Å². The Hall–Kier alpha value is 0.190. The Kier molecular flexibility index (Phi) is 3.04. The Morgan fingerprint density at radius 1 is 1.64 bits per heavy atom. The first kappa shape index (κ1) is 10.7. The molecule has 2 aromatic heterocycles. The minimum atomic E-state index is 0.563. The number of hydrogen-bond acceptors (Lipinski definition) is 1. The van der Waals surface area contributed by atoms with Crippen LogP contribution in [-0.4, -0.2) is 9.55 Å². The fourth-order valence-electron chi connectivity index (χ4n) is 1.48. The van der Waals surface area contributed by atoms with Crippen LogP contribution >= 0.6 is 50.1 Å². The van der Waals surface area contributed by atoms with Crippen molar-refractivity contribution in [2.24, 2.45) is 0 Å². The van der Waals surface area contributed by atoms with Crippen molar-refractivity contribution >= 4 is 61.0 Å². The molecule has 0 radical (unpaired) electrons. The first-order valence-electron chi connectivity index (χ1n) is 4.14. The van der Waals surface area contributed by atoms with Gasteiger partial charge in [0, 0.05) is 22.6 Å². The Morgan fingerprint density at radius 2 is 2.36 bits per heavy atom. The molecule has 0 bridgehead atoms. The summed E-state index contributed by atoms with van der Waals surface area (Å²) in [4.78, 5) is 4.12. The third-order valence-electron chi connectivity index (χ3n) is 2.11. The molecule has 0 spiro atoms. The summed E-state index contributed by atoms with van der Waals surface area (Å²) in [6.07, 6.45) is 1.74. The van der Waals surface area contributed by atoms with Gasteiger partial charge in [0.1, 0.15) is 0 Å². The predicted molar refractivity (Wildman–Crippen MR) is 70.8 cm³/mol. The second kappa shape index (κ2) is 3.98. The van der Waals surface area contributed by atoms with Crippen molar-refractivity contribution in [3.8, 4) is 0 Å². The SMILES string of the molecule is CCn1c(I)cc2c(Br)cnc(Cl)c21. The summed E-state index contributed by atoms with van der Waals surface area (Å²) < 4.78 is 4.31. The fourth-order valence-corrected chi connectivity index (χ4v) is 3.03. The molecule has 0 aliphatic heterocycles. The van der Waals surface area contributed by atoms with Crippen molar-refractivity contribution in [1.82, 2.24) is 9.55 Å². The lowest BCUT2D eigenvalue weighted by Gasteiger charge is -2.04. The maximum absolute atomic E-state index is 6.07. The highest BCUT2D eigenvalue weighted by Gasteiger charge is 2.11. The number of fused-ring (bicyclic) bond motifs is 1. The third-order valence-corrected chi connectivity index (χ3v) is 3.91. The quantitative estimate of drug-likeness (QED) is 0.534. The zero-order valence-electron chi connectivity index (χ0n) is 7.39. The van der Waals surface area contributed by atoms with Gasteiger partial charge in [0.25, 0.3) is 0 Å². The number of hydrogen-bond donors (Lipinski definition) is 0. The highest BCUT2D eigenvalue weighted by atomic mass is 127. The standard InChI is InChI=1S/C9H7BrClIN2/c1-2-14-7(12)3-5-6(10)4-13-9(11)8(5)14/h3-4H,2H2,1H3. The molecule has 0 amide bonds. The van der Waals surface area contributed by atoms with Crippen molar-refractivity contribution in [2.45, 2.75) is 13.5 Å². The largest absolute Gasteiger partial charge is 0.334 e. The molecule has 2 heterocycles. The summed E-state index contributed by atoms with van der Waals surface area (Å²) in [5.74, 6) is 0. The van der Waals surface area contributed by atoms with Crippen molar-refractivity contribution in [1.29, 1.82) is 0 Å². The van der Waals surface area contributed by atoms with Crippen molar-refractivity contribution in [3.05, 3.63) is 25.6 Å². The van der Waals surface area contributed by atoms with Gasteiger partial charge in [-0.25, -0.2) is 4.98 Å². The van der Waals surface area contributed by atoms with Crippen LogP contribution in [0, 0.1) is 3.70 Å². The van der Waals surface area contributed by atoms with E-state index >= 15 is 0 Å². The molecule has 2 aromatic rings. The van der Waals surface area contributed by atoms with Gasteiger partial charge in [-0.15, -0.1) is 0 Å². The van der Waals surface area contributed by atoms with E-state index < -0.39 is 0 Å². The van der Waals surface area contributed by atoms with Gasteiger partial charge in [-0.3, -0.25) is 0 Å². The van der Waals surface area contributed by atoms with Crippen LogP contribution in [0.3, 0.4) is 0 Å². The lowest BCUT2D eigenvalue weighted by molar-refractivity contribution is 0.776. The summed E-state index contributed by atoms with van der Waals surface area (Å²) in [7, 11) is 0. The topological polar surface area (TPSA) is 17.8 Å². The molecule has 2 rings (SSSR count). The number of rotatable bonds is 1. The number of aryl methyl sites for hydroxylation is 1. The van der Waals surface area contributed by atoms with Crippen LogP contribution in [0.5, 0.6) is 0 Å². The molecule has 0 aromatic carbocycles. The molecule has 0 N–H and O–H groups in total. The van der Waals surface area contributed by atoms with E-state index in [1.165, 1.54) is 3.70 Å². The van der Waals surface area contributed by atoms with Gasteiger partial charge in [0.05, 0.1) is 9.22 Å². The summed E-state index contributed by atoms with van der Waals surface area (Å²) >= 11 is 11.8. The Bertz CT molecular complexity index is 495. The van der Waals surface area contributed by atoms with Gasteiger partial charge in [-0.2, -0.15) is 0 Å². The van der Waals surface area contributed by atoms with E-state index in [1.54, 1.807) is 6.20 Å². The number of aromatic nitrogens is 2. The van der Waals surface area contributed by atoms with Crippen molar-refractivity contribution in [3.63, 3.8) is 0 Å². The average Bonchev–Trinajstić information content (AvgIpc) is 2.50. The van der Waals surface area contributed by atoms with Crippen molar-refractivity contribution in [2.75, 3.05) is 0 Å². The van der Waals surface area contributed by atoms with Gasteiger partial charge < -0.3 is 4.57 Å². The molecule has 0 saturated carbocycles. The zero-order chi connectivity index (χ0) is 10.3. The minimum Gasteiger partial charge on any atom is -0.334 e. The number of halogens is 3. The van der Waals surface area contributed by atoms with Crippen LogP contribution in [0.2, 0.25) is 5.15 Å². The normalized spacial score (nSPS) is 11.1. The van der Waals surface area contributed by atoms with Crippen LogP contribution in [0.4, 0.5) is 0 Å². The molecule has 0 saturated heterocycles. The Morgan fingerprint density at radius 3 is 3.00 bits per heavy atom. The van der Waals surface area contributed by atoms with E-state index in [0.717, 1.165) is 21.9 Å². The van der Waals surface area contributed by atoms with E-state index in [4.69, 9.17) is 11.6 Å². The highest BCUT2D eigenvalue weighted by Crippen LogP contribution is 2.31. The molecule has 5 heteroatoms. The van der Waals surface area contributed by atoms with Crippen LogP contribution < -0.4 is 0 Å². The summed E-state index contributed by atoms with van der Waals surface area (Å²) in [6.45, 7) is 3.00. The number of pyridine rings is 1. The lowest BCUT2D eigenvalue weighted by atomic mass is 10.3. The Labute approximate surface area is 109 Å². The summed E-state index contributed by atoms with van der Waals surface area (Å²) in [5.41, 5.74) is 1.01. The van der Waals surface area contributed by atoms with E-state index in [0.29, 0.717) is 5.15 Å². The molecule has 0 fully saturated rings. The second-order valence-corrected chi connectivity index (χ2v) is 5.19. The molecule has 74 valence electrons. The average molecular weight is 385 g/mol. The third kappa shape index (κ3) is 1.57. The van der Waals surface area contributed by atoms with Crippen LogP contribution in [0.1, 0.15) is 6.92 Å². The maximum atomic E-state index is 6.07. The monoisotopic (exact) mass is 384 g/mol. The van der Waals surface area contributed by atoms with Gasteiger partial charge in [0.15, 0.2) is 5.15 Å². The fraction of sp³-hybridized carbons (Fsp3) is 0.222. The van der Waals surface area contributed by atoms with Gasteiger partial charge in [0.2, 0.25) is 0 Å². The van der Waals surface area contributed by atoms with Crippen LogP contribution in [0.25, 0.3) is 10.9 Å². The molecule has 2 nitrogen and oxygen atoms in total. The van der Waals surface area contributed by atoms with Crippen LogP contribution in [-0.2, 0) is 6.54 Å². The molecular formula is C9H7BrClIN2. The summed E-state index contributed by atoms with van der Waals surface area (Å²) in [5, 5.41) is 1.68. The number of nitrogens with zero attached hydrogens (tertiary/aromatic N) is 2. The van der Waals surface area contributed by atoms with Crippen molar-refractivity contribution < 1.29 is 0 Å². The minimum absolute atomic E-state index is 0.563. The smallest absolute Gasteiger partial charge is 0.153 e. The van der Waals surface area contributed by atoms with Crippen LogP contribution in [0.15, 0.2) is 16.7 Å². The predicted octanol–water partition coefficient (Wildman–Crippen LogP) is 4.08. The van der Waals surface area contributed by atoms with E-state index in [1.807, 2.05) is 0 Å². The molecule has 0 aliphatic carbocycles.